The van der Waals surface area contributed by atoms with Crippen molar-refractivity contribution in [2.24, 2.45) is 0 Å². The Morgan fingerprint density at radius 3 is 1.46 bits per heavy atom. The molecule has 0 radical (unpaired) electrons. The summed E-state index contributed by atoms with van der Waals surface area (Å²) in [6, 6.07) is 33.6. The quantitative estimate of drug-likeness (QED) is 0.380. The van der Waals surface area contributed by atoms with E-state index >= 15 is 0 Å². The predicted octanol–water partition coefficient (Wildman–Crippen LogP) is 5.46. The Hall–Kier alpha value is -1.56. The summed E-state index contributed by atoms with van der Waals surface area (Å²) in [5, 5.41) is 4.36. The summed E-state index contributed by atoms with van der Waals surface area (Å²) in [4.78, 5) is 1.38. The van der Waals surface area contributed by atoms with E-state index in [4.69, 9.17) is 0 Å². The lowest BCUT2D eigenvalue weighted by atomic mass is 10.4. The summed E-state index contributed by atoms with van der Waals surface area (Å²) in [5.74, 6) is 0. The van der Waals surface area contributed by atoms with Crippen LogP contribution in [-0.4, -0.2) is 21.5 Å². The van der Waals surface area contributed by atoms with Crippen LogP contribution in [-0.2, 0) is 0 Å². The van der Waals surface area contributed by atoms with Gasteiger partial charge < -0.3 is 0 Å². The highest BCUT2D eigenvalue weighted by molar-refractivity contribution is 8.01. The van der Waals surface area contributed by atoms with Gasteiger partial charge in [0.1, 0.15) is 8.07 Å². The molecule has 0 bridgehead atoms. The minimum atomic E-state index is -1.84. The maximum atomic E-state index is 2.52. The van der Waals surface area contributed by atoms with E-state index in [-0.39, 0.29) is 0 Å². The van der Waals surface area contributed by atoms with Gasteiger partial charge in [0.15, 0.2) is 0 Å². The molecule has 0 aromatic heterocycles. The third-order valence-electron chi connectivity index (χ3n) is 4.71. The summed E-state index contributed by atoms with van der Waals surface area (Å²) in [7, 11) is -3.09. The zero-order valence-corrected chi connectivity index (χ0v) is 18.8. The predicted molar refractivity (Wildman–Crippen MR) is 123 cm³/mol. The first-order valence-electron chi connectivity index (χ1n) is 9.29. The molecule has 0 nitrogen and oxygen atoms in total. The van der Waals surface area contributed by atoms with Crippen LogP contribution >= 0.6 is 11.8 Å². The van der Waals surface area contributed by atoms with Gasteiger partial charge >= 0.3 is 0 Å². The molecule has 3 rings (SSSR count). The van der Waals surface area contributed by atoms with Gasteiger partial charge in [-0.2, -0.15) is 0 Å². The molecular formula is C23H28SSi2. The van der Waals surface area contributed by atoms with E-state index in [1.54, 1.807) is 10.4 Å². The molecule has 0 N–H and O–H groups in total. The molecule has 0 fully saturated rings. The number of benzene rings is 3. The van der Waals surface area contributed by atoms with Gasteiger partial charge in [0.05, 0.1) is 0 Å². The zero-order valence-electron chi connectivity index (χ0n) is 16.0. The first kappa shape index (κ1) is 19.2. The molecule has 134 valence electrons. The Kier molecular flexibility index (Phi) is 6.22. The summed E-state index contributed by atoms with van der Waals surface area (Å²) in [5.41, 5.74) is 1.38. The van der Waals surface area contributed by atoms with Crippen LogP contribution in [0.3, 0.4) is 0 Å². The second-order valence-electron chi connectivity index (χ2n) is 8.15. The standard InChI is InChI=1S/C23H28SSi2/c1-25(2,3)20-26(22-15-9-5-10-16-22,23-17-11-6-12-18-23)19-24-21-13-7-4-8-14-21/h4-18H,19-20H2,1-3H3. The van der Waals surface area contributed by atoms with Crippen LogP contribution in [0, 0.1) is 0 Å². The van der Waals surface area contributed by atoms with Crippen molar-refractivity contribution in [3.63, 3.8) is 0 Å². The molecular weight excluding hydrogens is 364 g/mol. The Morgan fingerprint density at radius 1 is 0.615 bits per heavy atom. The van der Waals surface area contributed by atoms with Gasteiger partial charge in [-0.05, 0) is 12.1 Å². The highest BCUT2D eigenvalue weighted by Gasteiger charge is 2.41. The molecule has 0 aliphatic rings. The van der Waals surface area contributed by atoms with Gasteiger partial charge in [0, 0.05) is 18.3 Å². The highest BCUT2D eigenvalue weighted by atomic mass is 32.2. The van der Waals surface area contributed by atoms with Crippen molar-refractivity contribution in [3.05, 3.63) is 91.0 Å². The molecule has 3 aromatic rings. The van der Waals surface area contributed by atoms with E-state index in [1.807, 2.05) is 11.8 Å². The number of hydrogen-bond acceptors (Lipinski definition) is 1. The average molecular weight is 393 g/mol. The highest BCUT2D eigenvalue weighted by Crippen LogP contribution is 2.28. The van der Waals surface area contributed by atoms with Gasteiger partial charge in [-0.25, -0.2) is 0 Å². The van der Waals surface area contributed by atoms with Crippen LogP contribution in [0.4, 0.5) is 0 Å². The molecule has 26 heavy (non-hydrogen) atoms. The van der Waals surface area contributed by atoms with Crippen LogP contribution in [0.1, 0.15) is 0 Å². The first-order chi connectivity index (χ1) is 12.5. The molecule has 0 unspecified atom stereocenters. The van der Waals surface area contributed by atoms with Crippen LogP contribution in [0.15, 0.2) is 95.9 Å². The van der Waals surface area contributed by atoms with Gasteiger partial charge in [0.25, 0.3) is 0 Å². The van der Waals surface area contributed by atoms with Gasteiger partial charge in [-0.1, -0.05) is 115 Å². The fourth-order valence-corrected chi connectivity index (χ4v) is 19.3. The molecule has 0 spiro atoms. The molecule has 0 aliphatic carbocycles. The third kappa shape index (κ3) is 4.78. The fourth-order valence-electron chi connectivity index (χ4n) is 3.73. The van der Waals surface area contributed by atoms with Crippen molar-refractivity contribution in [2.45, 2.75) is 30.2 Å². The van der Waals surface area contributed by atoms with E-state index in [0.29, 0.717) is 0 Å². The van der Waals surface area contributed by atoms with E-state index < -0.39 is 16.1 Å². The average Bonchev–Trinajstić information content (AvgIpc) is 2.66. The molecule has 0 amide bonds. The van der Waals surface area contributed by atoms with E-state index in [2.05, 4.69) is 111 Å². The van der Waals surface area contributed by atoms with Gasteiger partial charge in [-0.3, -0.25) is 0 Å². The van der Waals surface area contributed by atoms with Gasteiger partial charge in [0.2, 0.25) is 0 Å². The Morgan fingerprint density at radius 2 is 1.04 bits per heavy atom. The summed E-state index contributed by atoms with van der Waals surface area (Å²) < 4.78 is 0. The molecule has 0 atom stereocenters. The third-order valence-corrected chi connectivity index (χ3v) is 17.4. The Labute approximate surface area is 164 Å². The molecule has 3 heteroatoms. The lowest BCUT2D eigenvalue weighted by Crippen LogP contribution is -2.64. The number of hydrogen-bond donors (Lipinski definition) is 0. The zero-order chi connectivity index (χ0) is 18.5. The van der Waals surface area contributed by atoms with Crippen molar-refractivity contribution in [3.8, 4) is 0 Å². The first-order valence-corrected chi connectivity index (χ1v) is 16.4. The topological polar surface area (TPSA) is 0 Å². The number of rotatable bonds is 7. The van der Waals surface area contributed by atoms with Crippen molar-refractivity contribution in [1.29, 1.82) is 0 Å². The Bertz CT molecular complexity index is 756. The number of thioether (sulfide) groups is 1. The van der Waals surface area contributed by atoms with Crippen molar-refractivity contribution in [1.82, 2.24) is 0 Å². The minimum Gasteiger partial charge on any atom is -0.128 e. The van der Waals surface area contributed by atoms with Crippen molar-refractivity contribution in [2.75, 3.05) is 5.38 Å². The van der Waals surface area contributed by atoms with Crippen molar-refractivity contribution < 1.29 is 0 Å². The van der Waals surface area contributed by atoms with Crippen LogP contribution in [0.2, 0.25) is 25.3 Å². The van der Waals surface area contributed by atoms with Crippen LogP contribution in [0.25, 0.3) is 0 Å². The normalized spacial score (nSPS) is 12.1. The molecule has 0 saturated heterocycles. The maximum absolute atomic E-state index is 2.52. The SMILES string of the molecule is C[Si](C)(C)C[Si](CSc1ccccc1)(c1ccccc1)c1ccccc1. The maximum Gasteiger partial charge on any atom is 0.125 e. The van der Waals surface area contributed by atoms with Crippen molar-refractivity contribution >= 4 is 38.3 Å². The summed E-state index contributed by atoms with van der Waals surface area (Å²) in [6.45, 7) is 7.56. The fraction of sp³-hybridized carbons (Fsp3) is 0.217. The minimum absolute atomic E-state index is 1.20. The van der Waals surface area contributed by atoms with Gasteiger partial charge in [-0.15, -0.1) is 11.8 Å². The lowest BCUT2D eigenvalue weighted by Gasteiger charge is -2.37. The second kappa shape index (κ2) is 8.42. The van der Waals surface area contributed by atoms with Crippen LogP contribution in [0.5, 0.6) is 0 Å². The smallest absolute Gasteiger partial charge is 0.125 e. The summed E-state index contributed by atoms with van der Waals surface area (Å²) in [6.07, 6.45) is 0. The Balaban J connectivity index is 2.08. The van der Waals surface area contributed by atoms with Crippen LogP contribution < -0.4 is 10.4 Å². The molecule has 0 heterocycles. The second-order valence-corrected chi connectivity index (χ2v) is 19.9. The molecule has 0 aliphatic heterocycles. The monoisotopic (exact) mass is 392 g/mol. The largest absolute Gasteiger partial charge is 0.128 e. The lowest BCUT2D eigenvalue weighted by molar-refractivity contribution is 1.46. The molecule has 3 aromatic carbocycles. The van der Waals surface area contributed by atoms with E-state index in [0.717, 1.165) is 0 Å². The molecule has 0 saturated carbocycles. The van der Waals surface area contributed by atoms with E-state index in [9.17, 15) is 0 Å². The van der Waals surface area contributed by atoms with E-state index in [1.165, 1.54) is 15.9 Å². The summed E-state index contributed by atoms with van der Waals surface area (Å²) >= 11 is 2.04.